The molecule has 0 radical (unpaired) electrons. The predicted molar refractivity (Wildman–Crippen MR) is 124 cm³/mol. The van der Waals surface area contributed by atoms with Crippen molar-refractivity contribution >= 4 is 32.3 Å². The van der Waals surface area contributed by atoms with E-state index in [2.05, 4.69) is 15.0 Å². The molecule has 1 saturated carbocycles. The van der Waals surface area contributed by atoms with Crippen LogP contribution in [-0.2, 0) is 10.0 Å². The van der Waals surface area contributed by atoms with Crippen LogP contribution in [0.4, 0.5) is 0 Å². The number of sulfonamides is 1. The summed E-state index contributed by atoms with van der Waals surface area (Å²) in [5.41, 5.74) is 2.85. The molecule has 1 fully saturated rings. The molecule has 5 nitrogen and oxygen atoms in total. The fourth-order valence-electron chi connectivity index (χ4n) is 4.50. The van der Waals surface area contributed by atoms with Crippen LogP contribution in [0.5, 0.6) is 0 Å². The molecule has 0 amide bonds. The fraction of sp³-hybridized carbons (Fsp3) is 0.292. The first kappa shape index (κ1) is 20.3. The summed E-state index contributed by atoms with van der Waals surface area (Å²) < 4.78 is 38.5. The summed E-state index contributed by atoms with van der Waals surface area (Å²) in [5, 5.41) is 3.07. The van der Waals surface area contributed by atoms with Crippen molar-refractivity contribution in [2.75, 3.05) is 0 Å². The number of benzene rings is 2. The Hall–Kier alpha value is -2.64. The maximum atomic E-state index is 13.0. The van der Waals surface area contributed by atoms with E-state index in [9.17, 15) is 8.42 Å². The van der Waals surface area contributed by atoms with E-state index in [1.165, 1.54) is 17.8 Å². The van der Waals surface area contributed by atoms with Gasteiger partial charge < -0.3 is 8.98 Å². The van der Waals surface area contributed by atoms with E-state index in [1.807, 2.05) is 30.5 Å². The van der Waals surface area contributed by atoms with Gasteiger partial charge in [-0.25, -0.2) is 0 Å². The highest BCUT2D eigenvalue weighted by Gasteiger charge is 2.25. The van der Waals surface area contributed by atoms with Gasteiger partial charge in [0.15, 0.2) is 0 Å². The Balaban J connectivity index is 1.74. The van der Waals surface area contributed by atoms with Gasteiger partial charge >= 0.3 is 0 Å². The number of nitrogens with zero attached hydrogens (tertiary/aromatic N) is 2. The Bertz CT molecular complexity index is 1390. The third-order valence-electron chi connectivity index (χ3n) is 5.95. The van der Waals surface area contributed by atoms with E-state index in [4.69, 9.17) is 4.42 Å². The van der Waals surface area contributed by atoms with Gasteiger partial charge in [-0.2, -0.15) is 8.42 Å². The summed E-state index contributed by atoms with van der Waals surface area (Å²) in [6.07, 6.45) is 5.55. The summed E-state index contributed by atoms with van der Waals surface area (Å²) in [6.45, 7) is 1.97. The van der Waals surface area contributed by atoms with Crippen LogP contribution in [0.3, 0.4) is 0 Å². The van der Waals surface area contributed by atoms with Gasteiger partial charge in [-0.15, -0.1) is 15.7 Å². The topological polar surface area (TPSA) is 64.6 Å². The zero-order valence-corrected chi connectivity index (χ0v) is 19.0. The van der Waals surface area contributed by atoms with Crippen molar-refractivity contribution in [3.63, 3.8) is 0 Å². The minimum Gasteiger partial charge on any atom is -0.461 e. The number of hydrogen-bond acceptors (Lipinski definition) is 4. The van der Waals surface area contributed by atoms with Crippen LogP contribution in [0.25, 0.3) is 22.2 Å². The predicted octanol–water partition coefficient (Wildman–Crippen LogP) is 6.07. The number of aromatic nitrogens is 1. The lowest BCUT2D eigenvalue weighted by Crippen LogP contribution is -2.25. The van der Waals surface area contributed by atoms with Gasteiger partial charge in [-0.1, -0.05) is 55.7 Å². The number of furan rings is 1. The lowest BCUT2D eigenvalue weighted by molar-refractivity contribution is 0.351. The maximum Gasteiger partial charge on any atom is 0.285 e. The molecule has 0 aliphatic heterocycles. The van der Waals surface area contributed by atoms with Crippen LogP contribution < -0.4 is 4.80 Å². The molecule has 0 bridgehead atoms. The molecule has 2 aromatic carbocycles. The molecule has 0 unspecified atom stereocenters. The molecule has 0 spiro atoms. The van der Waals surface area contributed by atoms with Gasteiger partial charge in [-0.05, 0) is 38.0 Å². The van der Waals surface area contributed by atoms with Crippen LogP contribution in [-0.4, -0.2) is 13.0 Å². The van der Waals surface area contributed by atoms with E-state index in [-0.39, 0.29) is 10.9 Å². The van der Waals surface area contributed by atoms with Crippen LogP contribution in [0, 0.1) is 6.92 Å². The van der Waals surface area contributed by atoms with Crippen molar-refractivity contribution in [3.8, 4) is 11.3 Å². The monoisotopic (exact) mass is 452 g/mol. The van der Waals surface area contributed by atoms with E-state index >= 15 is 0 Å². The first-order valence-corrected chi connectivity index (χ1v) is 12.9. The van der Waals surface area contributed by atoms with Crippen LogP contribution >= 0.6 is 11.3 Å². The van der Waals surface area contributed by atoms with E-state index in [0.717, 1.165) is 53.7 Å². The normalized spacial score (nSPS) is 16.2. The van der Waals surface area contributed by atoms with Crippen LogP contribution in [0.15, 0.2) is 73.7 Å². The van der Waals surface area contributed by atoms with Gasteiger partial charge in [0.05, 0.1) is 10.6 Å². The summed E-state index contributed by atoms with van der Waals surface area (Å²) >= 11 is 1.38. The third kappa shape index (κ3) is 3.77. The molecule has 1 aliphatic rings. The zero-order chi connectivity index (χ0) is 21.4. The first-order valence-electron chi connectivity index (χ1n) is 10.6. The number of para-hydroxylation sites is 1. The zero-order valence-electron chi connectivity index (χ0n) is 17.3. The lowest BCUT2D eigenvalue weighted by Gasteiger charge is -2.25. The molecule has 2 heterocycles. The minimum absolute atomic E-state index is 0.213. The largest absolute Gasteiger partial charge is 0.461 e. The molecule has 0 atom stereocenters. The Kier molecular flexibility index (Phi) is 5.32. The second-order valence-corrected chi connectivity index (χ2v) is 10.4. The van der Waals surface area contributed by atoms with E-state index in [0.29, 0.717) is 4.80 Å². The first-order chi connectivity index (χ1) is 15.0. The van der Waals surface area contributed by atoms with Gasteiger partial charge in [0.25, 0.3) is 10.0 Å². The maximum absolute atomic E-state index is 13.0. The molecular weight excluding hydrogens is 428 g/mol. The van der Waals surface area contributed by atoms with Crippen molar-refractivity contribution in [1.82, 2.24) is 4.57 Å². The molecule has 7 heteroatoms. The SMILES string of the molecule is Cc1oc2ccccc2c1-c1cs/c(=N/S(=O)(=O)c2ccccc2)n1C1CCCCC1. The second kappa shape index (κ2) is 8.13. The van der Waals surface area contributed by atoms with Crippen LogP contribution in [0.2, 0.25) is 0 Å². The summed E-state index contributed by atoms with van der Waals surface area (Å²) in [4.78, 5) is 0.737. The molecule has 4 aromatic rings. The number of fused-ring (bicyclic) bond motifs is 1. The average molecular weight is 453 g/mol. The Morgan fingerprint density at radius 1 is 1.00 bits per heavy atom. The number of hydrogen-bond donors (Lipinski definition) is 0. The highest BCUT2D eigenvalue weighted by molar-refractivity contribution is 7.90. The second-order valence-electron chi connectivity index (χ2n) is 7.97. The van der Waals surface area contributed by atoms with Crippen molar-refractivity contribution in [2.45, 2.75) is 50.0 Å². The number of rotatable bonds is 4. The number of aryl methyl sites for hydroxylation is 1. The molecule has 1 aliphatic carbocycles. The van der Waals surface area contributed by atoms with Crippen LogP contribution in [0.1, 0.15) is 43.9 Å². The standard InChI is InChI=1S/C24H24N2O3S2/c1-17-23(20-14-8-9-15-22(20)29-17)21-16-30-24(26(21)18-10-4-2-5-11-18)25-31(27,28)19-12-6-3-7-13-19/h3,6-9,12-16,18H,2,4-5,10-11H2,1H3/b25-24+. The van der Waals surface area contributed by atoms with E-state index in [1.54, 1.807) is 30.3 Å². The highest BCUT2D eigenvalue weighted by Crippen LogP contribution is 2.38. The minimum atomic E-state index is -3.79. The lowest BCUT2D eigenvalue weighted by atomic mass is 9.94. The summed E-state index contributed by atoms with van der Waals surface area (Å²) in [5.74, 6) is 0.834. The van der Waals surface area contributed by atoms with E-state index < -0.39 is 10.0 Å². The van der Waals surface area contributed by atoms with Crippen molar-refractivity contribution in [1.29, 1.82) is 0 Å². The summed E-state index contributed by atoms with van der Waals surface area (Å²) in [7, 11) is -3.79. The van der Waals surface area contributed by atoms with Crippen molar-refractivity contribution in [2.24, 2.45) is 4.40 Å². The highest BCUT2D eigenvalue weighted by atomic mass is 32.2. The molecule has 0 N–H and O–H groups in total. The summed E-state index contributed by atoms with van der Waals surface area (Å²) in [6, 6.07) is 16.6. The average Bonchev–Trinajstić information content (AvgIpc) is 3.34. The Labute approximate surface area is 185 Å². The molecular formula is C24H24N2O3S2. The van der Waals surface area contributed by atoms with Gasteiger partial charge in [0, 0.05) is 22.4 Å². The van der Waals surface area contributed by atoms with Crippen molar-refractivity contribution in [3.05, 3.63) is 70.5 Å². The van der Waals surface area contributed by atoms with Gasteiger partial charge in [0.2, 0.25) is 4.80 Å². The van der Waals surface area contributed by atoms with Gasteiger partial charge in [0.1, 0.15) is 11.3 Å². The Morgan fingerprint density at radius 2 is 1.71 bits per heavy atom. The fourth-order valence-corrected chi connectivity index (χ4v) is 6.67. The Morgan fingerprint density at radius 3 is 2.48 bits per heavy atom. The molecule has 0 saturated heterocycles. The molecule has 5 rings (SSSR count). The smallest absolute Gasteiger partial charge is 0.285 e. The van der Waals surface area contributed by atoms with Gasteiger partial charge in [-0.3, -0.25) is 0 Å². The quantitative estimate of drug-likeness (QED) is 0.378. The molecule has 160 valence electrons. The molecule has 2 aromatic heterocycles. The van der Waals surface area contributed by atoms with Crippen molar-refractivity contribution < 1.29 is 12.8 Å². The third-order valence-corrected chi connectivity index (χ3v) is 8.19. The number of thiazole rings is 1. The molecule has 31 heavy (non-hydrogen) atoms.